The molecule has 0 unspecified atom stereocenters. The molecule has 40 heavy (non-hydrogen) atoms. The number of aromatic nitrogens is 4. The number of likely N-dealkylation sites (tertiary alicyclic amines) is 1. The number of H-pyrrole nitrogens is 1. The van der Waals surface area contributed by atoms with Gasteiger partial charge in [-0.15, -0.1) is 0 Å². The van der Waals surface area contributed by atoms with E-state index in [4.69, 9.17) is 9.47 Å². The van der Waals surface area contributed by atoms with Crippen molar-refractivity contribution in [1.82, 2.24) is 25.1 Å². The number of hydrogen-bond acceptors (Lipinski definition) is 9. The molecule has 13 heteroatoms. The molecule has 4 aromatic rings. The van der Waals surface area contributed by atoms with Crippen molar-refractivity contribution in [3.05, 3.63) is 60.1 Å². The van der Waals surface area contributed by atoms with E-state index in [1.165, 1.54) is 18.5 Å². The van der Waals surface area contributed by atoms with Crippen LogP contribution < -0.4 is 20.1 Å². The molecule has 2 aromatic heterocycles. The maximum Gasteiger partial charge on any atom is 0.230 e. The first kappa shape index (κ1) is 27.2. The summed E-state index contributed by atoms with van der Waals surface area (Å²) in [4.78, 5) is 23.3. The molecule has 1 aliphatic rings. The zero-order valence-corrected chi connectivity index (χ0v) is 21.8. The first-order chi connectivity index (χ1) is 19.4. The van der Waals surface area contributed by atoms with Gasteiger partial charge in [-0.2, -0.15) is 5.10 Å². The van der Waals surface area contributed by atoms with Gasteiger partial charge in [0.25, 0.3) is 0 Å². The van der Waals surface area contributed by atoms with Crippen LogP contribution in [0, 0.1) is 11.6 Å². The van der Waals surface area contributed by atoms with E-state index in [1.54, 1.807) is 25.3 Å². The molecule has 0 bridgehead atoms. The predicted octanol–water partition coefficient (Wildman–Crippen LogP) is 3.40. The number of methoxy groups -OCH3 is 1. The van der Waals surface area contributed by atoms with Gasteiger partial charge in [-0.05, 0) is 31.5 Å². The average molecular weight is 554 g/mol. The highest BCUT2D eigenvalue weighted by Gasteiger charge is 2.23. The van der Waals surface area contributed by atoms with Crippen LogP contribution in [0.5, 0.6) is 11.5 Å². The van der Waals surface area contributed by atoms with Crippen LogP contribution in [0.15, 0.2) is 42.7 Å². The minimum atomic E-state index is -1.12. The summed E-state index contributed by atoms with van der Waals surface area (Å²) in [6, 6.07) is 8.85. The lowest BCUT2D eigenvalue weighted by atomic mass is 10.2. The van der Waals surface area contributed by atoms with Crippen molar-refractivity contribution in [1.29, 1.82) is 0 Å². The molecule has 0 radical (unpaired) electrons. The molecule has 11 nitrogen and oxygen atoms in total. The summed E-state index contributed by atoms with van der Waals surface area (Å²) < 4.78 is 38.9. The highest BCUT2D eigenvalue weighted by Crippen LogP contribution is 2.35. The highest BCUT2D eigenvalue weighted by molar-refractivity contribution is 5.96. The van der Waals surface area contributed by atoms with Gasteiger partial charge in [0.15, 0.2) is 17.5 Å². The molecule has 210 valence electrons. The van der Waals surface area contributed by atoms with E-state index in [1.807, 2.05) is 0 Å². The SMILES string of the molecule is COc1cc(OCCN2CCC[C@H]2CO)c2c(Nc3cc(CC(=O)Nc4cccc(F)c4F)[nH]n3)ncnc2c1. The van der Waals surface area contributed by atoms with E-state index < -0.39 is 17.5 Å². The molecule has 1 amide bonds. The molecular formula is C27H29F2N7O4. The molecule has 1 fully saturated rings. The zero-order chi connectivity index (χ0) is 28.1. The topological polar surface area (TPSA) is 138 Å². The number of nitrogens with one attached hydrogen (secondary N) is 3. The second-order valence-corrected chi connectivity index (χ2v) is 9.33. The maximum absolute atomic E-state index is 13.9. The van der Waals surface area contributed by atoms with Crippen molar-refractivity contribution < 1.29 is 28.2 Å². The Balaban J connectivity index is 1.30. The Morgan fingerprint density at radius 1 is 1.25 bits per heavy atom. The summed E-state index contributed by atoms with van der Waals surface area (Å²) in [5.74, 6) is -0.813. The van der Waals surface area contributed by atoms with Gasteiger partial charge in [-0.25, -0.2) is 18.7 Å². The number of rotatable bonds is 11. The fraction of sp³-hybridized carbons (Fsp3) is 0.333. The third kappa shape index (κ3) is 6.10. The van der Waals surface area contributed by atoms with Crippen LogP contribution in [0.3, 0.4) is 0 Å². The Bertz CT molecular complexity index is 1500. The minimum Gasteiger partial charge on any atom is -0.497 e. The Kier molecular flexibility index (Phi) is 8.31. The van der Waals surface area contributed by atoms with Crippen molar-refractivity contribution in [2.45, 2.75) is 25.3 Å². The van der Waals surface area contributed by atoms with Crippen LogP contribution in [-0.2, 0) is 11.2 Å². The van der Waals surface area contributed by atoms with Gasteiger partial charge in [0.05, 0.1) is 36.7 Å². The Hall–Kier alpha value is -4.36. The summed E-state index contributed by atoms with van der Waals surface area (Å²) in [6.07, 6.45) is 3.27. The van der Waals surface area contributed by atoms with Crippen molar-refractivity contribution >= 4 is 34.1 Å². The second-order valence-electron chi connectivity index (χ2n) is 9.33. The number of benzene rings is 2. The molecule has 1 saturated heterocycles. The number of carbonyl (C=O) groups is 1. The van der Waals surface area contributed by atoms with Crippen LogP contribution in [0.25, 0.3) is 10.9 Å². The Morgan fingerprint density at radius 2 is 2.12 bits per heavy atom. The van der Waals surface area contributed by atoms with Gasteiger partial charge in [0.2, 0.25) is 5.91 Å². The fourth-order valence-corrected chi connectivity index (χ4v) is 4.73. The molecule has 2 aromatic carbocycles. The largest absolute Gasteiger partial charge is 0.497 e. The lowest BCUT2D eigenvalue weighted by Crippen LogP contribution is -2.35. The lowest BCUT2D eigenvalue weighted by Gasteiger charge is -2.22. The van der Waals surface area contributed by atoms with E-state index >= 15 is 0 Å². The van der Waals surface area contributed by atoms with Gasteiger partial charge in [-0.1, -0.05) is 6.07 Å². The summed E-state index contributed by atoms with van der Waals surface area (Å²) in [7, 11) is 1.56. The third-order valence-corrected chi connectivity index (χ3v) is 6.71. The van der Waals surface area contributed by atoms with Gasteiger partial charge in [0, 0.05) is 36.5 Å². The van der Waals surface area contributed by atoms with Crippen molar-refractivity contribution in [3.63, 3.8) is 0 Å². The molecule has 0 aliphatic carbocycles. The van der Waals surface area contributed by atoms with Gasteiger partial charge in [0.1, 0.15) is 30.3 Å². The molecule has 0 spiro atoms. The van der Waals surface area contributed by atoms with E-state index in [0.717, 1.165) is 25.5 Å². The number of fused-ring (bicyclic) bond motifs is 1. The van der Waals surface area contributed by atoms with E-state index in [-0.39, 0.29) is 24.8 Å². The van der Waals surface area contributed by atoms with Crippen LogP contribution in [0.2, 0.25) is 0 Å². The fourth-order valence-electron chi connectivity index (χ4n) is 4.73. The molecule has 3 heterocycles. The summed E-state index contributed by atoms with van der Waals surface area (Å²) in [5.41, 5.74) is 0.792. The molecule has 1 atom stereocenters. The van der Waals surface area contributed by atoms with Crippen molar-refractivity contribution in [3.8, 4) is 11.5 Å². The van der Waals surface area contributed by atoms with Gasteiger partial charge in [-0.3, -0.25) is 14.8 Å². The summed E-state index contributed by atoms with van der Waals surface area (Å²) in [6.45, 7) is 2.09. The van der Waals surface area contributed by atoms with E-state index in [9.17, 15) is 18.7 Å². The number of amides is 1. The van der Waals surface area contributed by atoms with Crippen LogP contribution >= 0.6 is 0 Å². The van der Waals surface area contributed by atoms with E-state index in [2.05, 4.69) is 35.7 Å². The molecule has 1 aliphatic heterocycles. The Labute approximate surface area is 228 Å². The maximum atomic E-state index is 13.9. The zero-order valence-electron chi connectivity index (χ0n) is 21.8. The first-order valence-corrected chi connectivity index (χ1v) is 12.8. The molecule has 0 saturated carbocycles. The number of nitrogens with zero attached hydrogens (tertiary/aromatic N) is 4. The standard InChI is InChI=1S/C27H29F2N7O4/c1-39-18-12-21-25(22(13-18)40-9-8-36-7-3-4-17(36)14-37)27(31-15-30-21)33-23-10-16(34-35-23)11-24(38)32-20-6-2-5-19(28)26(20)29/h2,5-6,10,12-13,15,17,37H,3-4,7-9,11,14H2,1H3,(H,32,38)(H2,30,31,33,34,35)/t17-/m0/s1. The molecule has 5 rings (SSSR count). The Morgan fingerprint density at radius 3 is 2.95 bits per heavy atom. The summed E-state index contributed by atoms with van der Waals surface area (Å²) >= 11 is 0. The number of anilines is 3. The number of carbonyl (C=O) groups excluding carboxylic acids is 1. The number of ether oxygens (including phenoxy) is 2. The van der Waals surface area contributed by atoms with Crippen molar-refractivity contribution in [2.24, 2.45) is 0 Å². The van der Waals surface area contributed by atoms with Crippen molar-refractivity contribution in [2.75, 3.05) is 44.0 Å². The van der Waals surface area contributed by atoms with E-state index in [0.29, 0.717) is 52.9 Å². The number of hydrogen-bond donors (Lipinski definition) is 4. The number of aliphatic hydroxyl groups is 1. The predicted molar refractivity (Wildman–Crippen MR) is 144 cm³/mol. The highest BCUT2D eigenvalue weighted by atomic mass is 19.2. The lowest BCUT2D eigenvalue weighted by molar-refractivity contribution is -0.115. The normalized spacial score (nSPS) is 15.3. The monoisotopic (exact) mass is 553 g/mol. The molecule has 4 N–H and O–H groups in total. The first-order valence-electron chi connectivity index (χ1n) is 12.8. The number of halogens is 2. The van der Waals surface area contributed by atoms with Gasteiger partial charge >= 0.3 is 0 Å². The number of aromatic amines is 1. The second kappa shape index (κ2) is 12.2. The smallest absolute Gasteiger partial charge is 0.230 e. The average Bonchev–Trinajstić information content (AvgIpc) is 3.60. The quantitative estimate of drug-likeness (QED) is 0.220. The number of aliphatic hydroxyl groups excluding tert-OH is 1. The van der Waals surface area contributed by atoms with Crippen LogP contribution in [-0.4, -0.2) is 75.5 Å². The van der Waals surface area contributed by atoms with Crippen LogP contribution in [0.1, 0.15) is 18.5 Å². The molecular weight excluding hydrogens is 524 g/mol. The van der Waals surface area contributed by atoms with Crippen LogP contribution in [0.4, 0.5) is 26.1 Å². The minimum absolute atomic E-state index is 0.124. The summed E-state index contributed by atoms with van der Waals surface area (Å²) in [5, 5.41) is 22.7. The third-order valence-electron chi connectivity index (χ3n) is 6.71. The van der Waals surface area contributed by atoms with Gasteiger partial charge < -0.3 is 25.2 Å².